The lowest BCUT2D eigenvalue weighted by Gasteiger charge is -2.08. The molecule has 0 aliphatic carbocycles. The van der Waals surface area contributed by atoms with Crippen LogP contribution in [0.2, 0.25) is 0 Å². The average Bonchev–Trinajstić information content (AvgIpc) is 2.74. The molecular formula is C29H60O2. The SMILES string of the molecule is CC(C)CCCCCCCCCCCCCCCCCCCCCCC[C@H](O)CCO. The molecule has 2 N–H and O–H groups in total. The first-order chi connectivity index (χ1) is 15.2. The van der Waals surface area contributed by atoms with E-state index in [9.17, 15) is 5.11 Å². The predicted molar refractivity (Wildman–Crippen MR) is 139 cm³/mol. The van der Waals surface area contributed by atoms with Gasteiger partial charge in [0.2, 0.25) is 0 Å². The molecule has 0 radical (unpaired) electrons. The molecule has 0 aromatic carbocycles. The van der Waals surface area contributed by atoms with E-state index in [1.54, 1.807) is 0 Å². The van der Waals surface area contributed by atoms with Gasteiger partial charge in [-0.15, -0.1) is 0 Å². The fourth-order valence-electron chi connectivity index (χ4n) is 4.58. The van der Waals surface area contributed by atoms with E-state index in [0.29, 0.717) is 6.42 Å². The second-order valence-corrected chi connectivity index (χ2v) is 10.6. The Bertz CT molecular complexity index is 316. The number of hydrogen-bond donors (Lipinski definition) is 2. The Morgan fingerprint density at radius 1 is 0.387 bits per heavy atom. The number of aliphatic hydroxyl groups is 2. The van der Waals surface area contributed by atoms with Gasteiger partial charge in [-0.05, 0) is 18.8 Å². The van der Waals surface area contributed by atoms with Crippen molar-refractivity contribution in [2.45, 2.75) is 174 Å². The Hall–Kier alpha value is -0.0800. The van der Waals surface area contributed by atoms with Gasteiger partial charge in [-0.1, -0.05) is 155 Å². The van der Waals surface area contributed by atoms with Gasteiger partial charge in [-0.2, -0.15) is 0 Å². The minimum Gasteiger partial charge on any atom is -0.396 e. The smallest absolute Gasteiger partial charge is 0.0562 e. The lowest BCUT2D eigenvalue weighted by atomic mass is 10.0. The van der Waals surface area contributed by atoms with Gasteiger partial charge in [0.25, 0.3) is 0 Å². The van der Waals surface area contributed by atoms with Gasteiger partial charge >= 0.3 is 0 Å². The summed E-state index contributed by atoms with van der Waals surface area (Å²) < 4.78 is 0. The van der Waals surface area contributed by atoms with Crippen LogP contribution >= 0.6 is 0 Å². The third kappa shape index (κ3) is 27.9. The molecule has 188 valence electrons. The molecule has 0 aliphatic heterocycles. The molecule has 0 heterocycles. The van der Waals surface area contributed by atoms with E-state index in [0.717, 1.165) is 18.8 Å². The molecule has 0 amide bonds. The van der Waals surface area contributed by atoms with E-state index in [1.807, 2.05) is 0 Å². The molecule has 31 heavy (non-hydrogen) atoms. The summed E-state index contributed by atoms with van der Waals surface area (Å²) in [7, 11) is 0. The first kappa shape index (κ1) is 30.9. The lowest BCUT2D eigenvalue weighted by molar-refractivity contribution is 0.122. The van der Waals surface area contributed by atoms with E-state index in [4.69, 9.17) is 5.11 Å². The van der Waals surface area contributed by atoms with Crippen LogP contribution < -0.4 is 0 Å². The van der Waals surface area contributed by atoms with Crippen LogP contribution in [0, 0.1) is 5.92 Å². The van der Waals surface area contributed by atoms with Gasteiger partial charge in [-0.25, -0.2) is 0 Å². The minimum atomic E-state index is -0.288. The highest BCUT2D eigenvalue weighted by molar-refractivity contribution is 4.56. The van der Waals surface area contributed by atoms with E-state index in [1.165, 1.54) is 135 Å². The van der Waals surface area contributed by atoms with E-state index >= 15 is 0 Å². The van der Waals surface area contributed by atoms with Crippen molar-refractivity contribution in [1.29, 1.82) is 0 Å². The Labute approximate surface area is 197 Å². The summed E-state index contributed by atoms with van der Waals surface area (Å²) in [5.74, 6) is 0.886. The van der Waals surface area contributed by atoms with Crippen molar-refractivity contribution in [2.24, 2.45) is 5.92 Å². The third-order valence-electron chi connectivity index (χ3n) is 6.78. The lowest BCUT2D eigenvalue weighted by Crippen LogP contribution is -2.08. The predicted octanol–water partition coefficient (Wildman–Crippen LogP) is 9.36. The Balaban J connectivity index is 3.04. The Kier molecular flexibility index (Phi) is 26.1. The minimum absolute atomic E-state index is 0.111. The van der Waals surface area contributed by atoms with Crippen LogP contribution in [0.25, 0.3) is 0 Å². The molecule has 0 saturated carbocycles. The zero-order valence-electron chi connectivity index (χ0n) is 21.7. The Morgan fingerprint density at radius 3 is 0.903 bits per heavy atom. The summed E-state index contributed by atoms with van der Waals surface area (Å²) >= 11 is 0. The summed E-state index contributed by atoms with van der Waals surface area (Å²) in [5, 5.41) is 18.3. The van der Waals surface area contributed by atoms with Gasteiger partial charge < -0.3 is 10.2 Å². The van der Waals surface area contributed by atoms with Crippen LogP contribution in [0.5, 0.6) is 0 Å². The monoisotopic (exact) mass is 440 g/mol. The van der Waals surface area contributed by atoms with Crippen molar-refractivity contribution < 1.29 is 10.2 Å². The maximum Gasteiger partial charge on any atom is 0.0562 e. The first-order valence-corrected chi connectivity index (χ1v) is 14.5. The fraction of sp³-hybridized carbons (Fsp3) is 1.00. The highest BCUT2D eigenvalue weighted by atomic mass is 16.3. The van der Waals surface area contributed by atoms with Gasteiger partial charge in [0, 0.05) is 6.61 Å². The maximum absolute atomic E-state index is 9.57. The molecule has 0 fully saturated rings. The van der Waals surface area contributed by atoms with E-state index < -0.39 is 0 Å². The first-order valence-electron chi connectivity index (χ1n) is 14.5. The molecule has 0 aromatic rings. The largest absolute Gasteiger partial charge is 0.396 e. The number of aliphatic hydroxyl groups excluding tert-OH is 2. The molecule has 0 aromatic heterocycles. The van der Waals surface area contributed by atoms with Crippen LogP contribution in [0.1, 0.15) is 168 Å². The number of rotatable bonds is 26. The second-order valence-electron chi connectivity index (χ2n) is 10.6. The summed E-state index contributed by atoms with van der Waals surface area (Å²) in [6.07, 6.45) is 32.2. The van der Waals surface area contributed by atoms with Crippen LogP contribution in [0.15, 0.2) is 0 Å². The molecule has 2 nitrogen and oxygen atoms in total. The van der Waals surface area contributed by atoms with E-state index in [2.05, 4.69) is 13.8 Å². The summed E-state index contributed by atoms with van der Waals surface area (Å²) in [6.45, 7) is 4.78. The van der Waals surface area contributed by atoms with Gasteiger partial charge in [-0.3, -0.25) is 0 Å². The number of unbranched alkanes of at least 4 members (excludes halogenated alkanes) is 20. The highest BCUT2D eigenvalue weighted by Crippen LogP contribution is 2.16. The molecular weight excluding hydrogens is 380 g/mol. The standard InChI is InChI=1S/C29H60O2/c1-28(2)24-22-20-18-16-14-12-10-8-6-4-3-5-7-9-11-13-15-17-19-21-23-25-29(31)26-27-30/h28-31H,3-27H2,1-2H3/t29-/m0/s1. The van der Waals surface area contributed by atoms with Crippen molar-refractivity contribution in [3.8, 4) is 0 Å². The van der Waals surface area contributed by atoms with Crippen molar-refractivity contribution in [3.63, 3.8) is 0 Å². The molecule has 0 spiro atoms. The normalized spacial score (nSPS) is 12.7. The summed E-state index contributed by atoms with van der Waals surface area (Å²) in [6, 6.07) is 0. The van der Waals surface area contributed by atoms with Crippen molar-refractivity contribution >= 4 is 0 Å². The molecule has 0 saturated heterocycles. The molecule has 0 rings (SSSR count). The molecule has 2 heteroatoms. The van der Waals surface area contributed by atoms with Crippen molar-refractivity contribution in [1.82, 2.24) is 0 Å². The van der Waals surface area contributed by atoms with Gasteiger partial charge in [0.05, 0.1) is 6.10 Å². The zero-order chi connectivity index (χ0) is 22.8. The molecule has 0 unspecified atom stereocenters. The topological polar surface area (TPSA) is 40.5 Å². The van der Waals surface area contributed by atoms with Crippen LogP contribution in [0.3, 0.4) is 0 Å². The zero-order valence-corrected chi connectivity index (χ0v) is 21.7. The molecule has 0 aliphatic rings. The molecule has 0 bridgehead atoms. The third-order valence-corrected chi connectivity index (χ3v) is 6.78. The van der Waals surface area contributed by atoms with Gasteiger partial charge in [0.1, 0.15) is 0 Å². The fourth-order valence-corrected chi connectivity index (χ4v) is 4.58. The van der Waals surface area contributed by atoms with Crippen molar-refractivity contribution in [2.75, 3.05) is 6.61 Å². The van der Waals surface area contributed by atoms with Crippen LogP contribution in [0.4, 0.5) is 0 Å². The van der Waals surface area contributed by atoms with Crippen LogP contribution in [-0.4, -0.2) is 22.9 Å². The van der Waals surface area contributed by atoms with Crippen LogP contribution in [-0.2, 0) is 0 Å². The maximum atomic E-state index is 9.57. The number of hydrogen-bond acceptors (Lipinski definition) is 2. The van der Waals surface area contributed by atoms with Crippen molar-refractivity contribution in [3.05, 3.63) is 0 Å². The highest BCUT2D eigenvalue weighted by Gasteiger charge is 2.02. The summed E-state index contributed by atoms with van der Waals surface area (Å²) in [5.41, 5.74) is 0. The quantitative estimate of drug-likeness (QED) is 0.131. The van der Waals surface area contributed by atoms with Gasteiger partial charge in [0.15, 0.2) is 0 Å². The summed E-state index contributed by atoms with van der Waals surface area (Å²) in [4.78, 5) is 0. The van der Waals surface area contributed by atoms with E-state index in [-0.39, 0.29) is 12.7 Å². The second kappa shape index (κ2) is 26.2. The average molecular weight is 441 g/mol. The molecule has 1 atom stereocenters. The Morgan fingerprint density at radius 2 is 0.645 bits per heavy atom.